The molecule has 0 aromatic heterocycles. The summed E-state index contributed by atoms with van der Waals surface area (Å²) < 4.78 is 0. The maximum absolute atomic E-state index is 9.48. The van der Waals surface area contributed by atoms with Crippen molar-refractivity contribution in [1.29, 1.82) is 0 Å². The molecule has 1 aromatic carbocycles. The first-order valence-corrected chi connectivity index (χ1v) is 4.22. The Morgan fingerprint density at radius 1 is 1.31 bits per heavy atom. The van der Waals surface area contributed by atoms with Crippen molar-refractivity contribution >= 4 is 5.71 Å². The summed E-state index contributed by atoms with van der Waals surface area (Å²) >= 11 is 0. The van der Waals surface area contributed by atoms with Crippen molar-refractivity contribution < 1.29 is 9.94 Å². The molecule has 1 aromatic rings. The molecule has 0 radical (unpaired) electrons. The van der Waals surface area contributed by atoms with E-state index in [4.69, 9.17) is 4.84 Å². The smallest absolute Gasteiger partial charge is 0.236 e. The summed E-state index contributed by atoms with van der Waals surface area (Å²) in [4.78, 5) is 4.78. The van der Waals surface area contributed by atoms with Crippen LogP contribution in [0.3, 0.4) is 0 Å². The first-order valence-electron chi connectivity index (χ1n) is 4.22. The summed E-state index contributed by atoms with van der Waals surface area (Å²) in [5.74, 6) is -0.110. The molecule has 0 fully saturated rings. The van der Waals surface area contributed by atoms with Crippen LogP contribution >= 0.6 is 0 Å². The maximum atomic E-state index is 9.48. The van der Waals surface area contributed by atoms with Gasteiger partial charge in [0.15, 0.2) is 0 Å². The van der Waals surface area contributed by atoms with E-state index < -0.39 is 6.29 Å². The van der Waals surface area contributed by atoms with Gasteiger partial charge in [-0.15, -0.1) is 0 Å². The number of oxime groups is 1. The van der Waals surface area contributed by atoms with Gasteiger partial charge >= 0.3 is 0 Å². The number of nitrogens with zero attached hydrogens (tertiary/aromatic N) is 1. The molecule has 1 heterocycles. The fourth-order valence-corrected chi connectivity index (χ4v) is 1.53. The Balaban J connectivity index is 2.31. The maximum Gasteiger partial charge on any atom is 0.236 e. The highest BCUT2D eigenvalue weighted by Gasteiger charge is 2.30. The van der Waals surface area contributed by atoms with Crippen LogP contribution in [0.15, 0.2) is 35.5 Å². The van der Waals surface area contributed by atoms with Crippen molar-refractivity contribution in [2.75, 3.05) is 0 Å². The number of hydrogen-bond donors (Lipinski definition) is 1. The molecule has 0 saturated heterocycles. The molecule has 0 saturated carbocycles. The lowest BCUT2D eigenvalue weighted by molar-refractivity contribution is -0.0853. The van der Waals surface area contributed by atoms with E-state index in [0.29, 0.717) is 0 Å². The highest BCUT2D eigenvalue weighted by Crippen LogP contribution is 2.27. The first-order chi connectivity index (χ1) is 6.29. The largest absolute Gasteiger partial charge is 0.363 e. The summed E-state index contributed by atoms with van der Waals surface area (Å²) in [7, 11) is 0. The van der Waals surface area contributed by atoms with Gasteiger partial charge < -0.3 is 9.94 Å². The Kier molecular flexibility index (Phi) is 2.02. The molecule has 0 aliphatic carbocycles. The van der Waals surface area contributed by atoms with Gasteiger partial charge in [0, 0.05) is 0 Å². The van der Waals surface area contributed by atoms with E-state index in [0.717, 1.165) is 11.3 Å². The highest BCUT2D eigenvalue weighted by atomic mass is 16.7. The predicted molar refractivity (Wildman–Crippen MR) is 49.4 cm³/mol. The molecule has 2 rings (SSSR count). The minimum Gasteiger partial charge on any atom is -0.363 e. The SMILES string of the molecule is CC1=NOC(O)C1c1ccccc1. The van der Waals surface area contributed by atoms with Crippen LogP contribution in [0.5, 0.6) is 0 Å². The van der Waals surface area contributed by atoms with Gasteiger partial charge in [0.25, 0.3) is 0 Å². The minimum atomic E-state index is -0.831. The van der Waals surface area contributed by atoms with Crippen molar-refractivity contribution in [3.8, 4) is 0 Å². The Hall–Kier alpha value is -1.35. The van der Waals surface area contributed by atoms with E-state index in [1.54, 1.807) is 0 Å². The summed E-state index contributed by atoms with van der Waals surface area (Å²) in [6, 6.07) is 9.74. The van der Waals surface area contributed by atoms with Crippen LogP contribution in [0.25, 0.3) is 0 Å². The quantitative estimate of drug-likeness (QED) is 0.706. The average Bonchev–Trinajstić information content (AvgIpc) is 2.48. The number of aliphatic hydroxyl groups excluding tert-OH is 1. The Morgan fingerprint density at radius 3 is 2.54 bits per heavy atom. The summed E-state index contributed by atoms with van der Waals surface area (Å²) in [5, 5.41) is 13.2. The highest BCUT2D eigenvalue weighted by molar-refractivity contribution is 5.89. The first kappa shape index (κ1) is 8.26. The van der Waals surface area contributed by atoms with E-state index in [-0.39, 0.29) is 5.92 Å². The topological polar surface area (TPSA) is 41.8 Å². The zero-order valence-electron chi connectivity index (χ0n) is 7.34. The molecule has 2 atom stereocenters. The normalized spacial score (nSPS) is 26.8. The van der Waals surface area contributed by atoms with Gasteiger partial charge in [-0.2, -0.15) is 0 Å². The van der Waals surface area contributed by atoms with Crippen LogP contribution in [0.2, 0.25) is 0 Å². The third kappa shape index (κ3) is 1.42. The van der Waals surface area contributed by atoms with Crippen LogP contribution in [0.4, 0.5) is 0 Å². The van der Waals surface area contributed by atoms with Gasteiger partial charge in [-0.1, -0.05) is 35.5 Å². The van der Waals surface area contributed by atoms with Crippen molar-refractivity contribution in [1.82, 2.24) is 0 Å². The molecule has 68 valence electrons. The molecule has 0 amide bonds. The summed E-state index contributed by atoms with van der Waals surface area (Å²) in [5.41, 5.74) is 1.85. The Morgan fingerprint density at radius 2 is 2.00 bits per heavy atom. The van der Waals surface area contributed by atoms with Gasteiger partial charge in [0.1, 0.15) is 0 Å². The zero-order chi connectivity index (χ0) is 9.26. The van der Waals surface area contributed by atoms with E-state index in [1.807, 2.05) is 37.3 Å². The minimum absolute atomic E-state index is 0.110. The van der Waals surface area contributed by atoms with E-state index in [9.17, 15) is 5.11 Å². The van der Waals surface area contributed by atoms with Crippen LogP contribution in [0.1, 0.15) is 18.4 Å². The van der Waals surface area contributed by atoms with E-state index in [1.165, 1.54) is 0 Å². The average molecular weight is 177 g/mol. The fourth-order valence-electron chi connectivity index (χ4n) is 1.53. The molecule has 13 heavy (non-hydrogen) atoms. The van der Waals surface area contributed by atoms with Gasteiger partial charge in [-0.3, -0.25) is 0 Å². The molecule has 0 bridgehead atoms. The second-order valence-corrected chi connectivity index (χ2v) is 3.12. The molecule has 0 spiro atoms. The van der Waals surface area contributed by atoms with E-state index in [2.05, 4.69) is 5.16 Å². The molecule has 3 nitrogen and oxygen atoms in total. The molecule has 1 aliphatic heterocycles. The zero-order valence-corrected chi connectivity index (χ0v) is 7.34. The molecule has 1 N–H and O–H groups in total. The number of hydrogen-bond acceptors (Lipinski definition) is 3. The third-order valence-corrected chi connectivity index (χ3v) is 2.20. The van der Waals surface area contributed by atoms with Crippen LogP contribution < -0.4 is 0 Å². The van der Waals surface area contributed by atoms with Crippen LogP contribution in [0, 0.1) is 0 Å². The summed E-state index contributed by atoms with van der Waals surface area (Å²) in [6.07, 6.45) is -0.831. The van der Waals surface area contributed by atoms with E-state index >= 15 is 0 Å². The van der Waals surface area contributed by atoms with Crippen molar-refractivity contribution in [3.05, 3.63) is 35.9 Å². The van der Waals surface area contributed by atoms with Crippen molar-refractivity contribution in [2.24, 2.45) is 5.16 Å². The molecule has 2 unspecified atom stereocenters. The predicted octanol–water partition coefficient (Wildman–Crippen LogP) is 1.49. The second kappa shape index (κ2) is 3.18. The molecule has 1 aliphatic rings. The van der Waals surface area contributed by atoms with Crippen LogP contribution in [-0.2, 0) is 4.84 Å². The lowest BCUT2D eigenvalue weighted by atomic mass is 9.95. The Labute approximate surface area is 76.6 Å². The fraction of sp³-hybridized carbons (Fsp3) is 0.300. The van der Waals surface area contributed by atoms with Crippen molar-refractivity contribution in [3.63, 3.8) is 0 Å². The molecular weight excluding hydrogens is 166 g/mol. The van der Waals surface area contributed by atoms with Gasteiger partial charge in [-0.25, -0.2) is 0 Å². The second-order valence-electron chi connectivity index (χ2n) is 3.12. The number of benzene rings is 1. The van der Waals surface area contributed by atoms with Gasteiger partial charge in [0.2, 0.25) is 6.29 Å². The summed E-state index contributed by atoms with van der Waals surface area (Å²) in [6.45, 7) is 1.86. The van der Waals surface area contributed by atoms with Crippen molar-refractivity contribution in [2.45, 2.75) is 19.1 Å². The molecule has 3 heteroatoms. The lowest BCUT2D eigenvalue weighted by Crippen LogP contribution is -2.18. The van der Waals surface area contributed by atoms with Gasteiger partial charge in [0.05, 0.1) is 11.6 Å². The standard InChI is InChI=1S/C10H11NO2/c1-7-9(10(12)13-11-7)8-5-3-2-4-6-8/h2-6,9-10,12H,1H3. The van der Waals surface area contributed by atoms with Gasteiger partial charge in [-0.05, 0) is 12.5 Å². The Bertz CT molecular complexity index is 321. The monoisotopic (exact) mass is 177 g/mol. The number of aliphatic hydroxyl groups is 1. The third-order valence-electron chi connectivity index (χ3n) is 2.20. The van der Waals surface area contributed by atoms with Crippen LogP contribution in [-0.4, -0.2) is 17.1 Å². The molecular formula is C10H11NO2. The lowest BCUT2D eigenvalue weighted by Gasteiger charge is -2.12. The number of rotatable bonds is 1.